The fraction of sp³-hybridized carbons (Fsp3) is 0.414. The minimum atomic E-state index is -0.162. The first-order valence-electron chi connectivity index (χ1n) is 13.8. The van der Waals surface area contributed by atoms with Crippen LogP contribution in [0.4, 0.5) is 0 Å². The van der Waals surface area contributed by atoms with Gasteiger partial charge >= 0.3 is 0 Å². The van der Waals surface area contributed by atoms with Gasteiger partial charge in [0.05, 0.1) is 44.1 Å². The summed E-state index contributed by atoms with van der Waals surface area (Å²) in [7, 11) is 1.58. The Morgan fingerprint density at radius 2 is 2.00 bits per heavy atom. The van der Waals surface area contributed by atoms with E-state index in [9.17, 15) is 9.59 Å². The molecule has 3 N–H and O–H groups in total. The molecular weight excluding hydrogens is 526 g/mol. The molecule has 1 amide bonds. The van der Waals surface area contributed by atoms with Crippen molar-refractivity contribution in [1.82, 2.24) is 20.1 Å². The van der Waals surface area contributed by atoms with E-state index in [0.717, 1.165) is 23.2 Å². The van der Waals surface area contributed by atoms with Gasteiger partial charge in [0.25, 0.3) is 5.91 Å². The van der Waals surface area contributed by atoms with Gasteiger partial charge in [-0.25, -0.2) is 0 Å². The molecule has 0 atom stereocenters. The van der Waals surface area contributed by atoms with Gasteiger partial charge in [-0.15, -0.1) is 0 Å². The number of aromatic nitrogens is 2. The van der Waals surface area contributed by atoms with Crippen molar-refractivity contribution < 1.29 is 23.8 Å². The summed E-state index contributed by atoms with van der Waals surface area (Å²) in [6.45, 7) is 6.51. The van der Waals surface area contributed by atoms with E-state index in [1.54, 1.807) is 42.5 Å². The molecule has 0 radical (unpaired) electrons. The zero-order valence-corrected chi connectivity index (χ0v) is 23.8. The van der Waals surface area contributed by atoms with E-state index in [0.29, 0.717) is 73.9 Å². The van der Waals surface area contributed by atoms with Gasteiger partial charge in [0.1, 0.15) is 23.9 Å². The van der Waals surface area contributed by atoms with Crippen molar-refractivity contribution >= 4 is 11.7 Å². The fourth-order valence-corrected chi connectivity index (χ4v) is 4.78. The van der Waals surface area contributed by atoms with Crippen LogP contribution in [0.3, 0.4) is 0 Å². The molecule has 218 valence electrons. The van der Waals surface area contributed by atoms with Crippen molar-refractivity contribution in [1.29, 1.82) is 0 Å². The van der Waals surface area contributed by atoms with Crippen molar-refractivity contribution in [2.24, 2.45) is 16.3 Å². The van der Waals surface area contributed by atoms with Crippen LogP contribution in [0.2, 0.25) is 0 Å². The second-order valence-corrected chi connectivity index (χ2v) is 9.47. The zero-order chi connectivity index (χ0) is 29.2. The maximum Gasteiger partial charge on any atom is 0.254 e. The lowest BCUT2D eigenvalue weighted by Gasteiger charge is -2.24. The largest absolute Gasteiger partial charge is 0.496 e. The molecule has 3 aromatic rings. The van der Waals surface area contributed by atoms with Gasteiger partial charge in [0.15, 0.2) is 5.78 Å². The molecule has 4 rings (SSSR count). The van der Waals surface area contributed by atoms with Gasteiger partial charge in [0.2, 0.25) is 0 Å². The predicted octanol–water partition coefficient (Wildman–Crippen LogP) is 4.20. The summed E-state index contributed by atoms with van der Waals surface area (Å²) in [6, 6.07) is 8.92. The van der Waals surface area contributed by atoms with Crippen LogP contribution in [0.15, 0.2) is 53.2 Å². The number of carbonyl (C=O) groups is 2. The summed E-state index contributed by atoms with van der Waals surface area (Å²) < 4.78 is 19.6. The minimum absolute atomic E-state index is 0.00449. The summed E-state index contributed by atoms with van der Waals surface area (Å²) in [6.07, 6.45) is 5.35. The lowest BCUT2D eigenvalue weighted by molar-refractivity contribution is 0.0727. The molecule has 0 bridgehead atoms. The maximum absolute atomic E-state index is 13.8. The van der Waals surface area contributed by atoms with Crippen LogP contribution >= 0.6 is 0 Å². The van der Waals surface area contributed by atoms with Gasteiger partial charge < -0.3 is 25.0 Å². The molecule has 0 saturated carbocycles. The van der Waals surface area contributed by atoms with E-state index in [-0.39, 0.29) is 18.3 Å². The SMILES string of the molecule is CCOc1cc(C(=O)N2CCCCC(=O)c3cc(CN/N=N\N)ccc3OCC2)cc(OC)c1-c1cnn(CC)c1. The number of hydrogen-bond acceptors (Lipinski definition) is 8. The van der Waals surface area contributed by atoms with Crippen LogP contribution in [0.25, 0.3) is 11.1 Å². The van der Waals surface area contributed by atoms with Crippen molar-refractivity contribution in [3.8, 4) is 28.4 Å². The molecule has 0 aliphatic carbocycles. The predicted molar refractivity (Wildman–Crippen MR) is 153 cm³/mol. The molecular formula is C29H37N7O5. The first kappa shape index (κ1) is 29.4. The number of nitrogens with zero attached hydrogens (tertiary/aromatic N) is 5. The zero-order valence-electron chi connectivity index (χ0n) is 23.8. The second kappa shape index (κ2) is 14.1. The number of fused-ring (bicyclic) bond motifs is 1. The minimum Gasteiger partial charge on any atom is -0.496 e. The molecule has 12 nitrogen and oxygen atoms in total. The molecule has 2 aromatic carbocycles. The van der Waals surface area contributed by atoms with Crippen molar-refractivity contribution in [3.05, 3.63) is 59.4 Å². The van der Waals surface area contributed by atoms with E-state index >= 15 is 0 Å². The van der Waals surface area contributed by atoms with Gasteiger partial charge in [-0.1, -0.05) is 16.5 Å². The number of benzene rings is 2. The summed E-state index contributed by atoms with van der Waals surface area (Å²) in [5.74, 6) is 6.44. The fourth-order valence-electron chi connectivity index (χ4n) is 4.78. The number of carbonyl (C=O) groups excluding carboxylic acids is 2. The molecule has 2 heterocycles. The highest BCUT2D eigenvalue weighted by atomic mass is 16.5. The quantitative estimate of drug-likeness (QED) is 0.224. The van der Waals surface area contributed by atoms with E-state index in [2.05, 4.69) is 21.0 Å². The van der Waals surface area contributed by atoms with E-state index < -0.39 is 0 Å². The summed E-state index contributed by atoms with van der Waals surface area (Å²) in [4.78, 5) is 28.6. The number of methoxy groups -OCH3 is 1. The van der Waals surface area contributed by atoms with Gasteiger partial charge in [-0.2, -0.15) is 5.10 Å². The Hall–Kier alpha value is -4.61. The van der Waals surface area contributed by atoms with E-state index in [1.165, 1.54) is 0 Å². The normalized spacial score (nSPS) is 14.2. The average Bonchev–Trinajstić information content (AvgIpc) is 3.45. The van der Waals surface area contributed by atoms with Gasteiger partial charge in [0, 0.05) is 36.8 Å². The Morgan fingerprint density at radius 3 is 2.73 bits per heavy atom. The lowest BCUT2D eigenvalue weighted by atomic mass is 10.0. The Bertz CT molecular complexity index is 1390. The van der Waals surface area contributed by atoms with Crippen LogP contribution in [0.5, 0.6) is 17.2 Å². The Morgan fingerprint density at radius 1 is 1.17 bits per heavy atom. The first-order valence-corrected chi connectivity index (χ1v) is 13.8. The van der Waals surface area contributed by atoms with Crippen LogP contribution < -0.4 is 25.5 Å². The molecule has 0 fully saturated rings. The summed E-state index contributed by atoms with van der Waals surface area (Å²) in [5, 5.41) is 11.1. The van der Waals surface area contributed by atoms with Gasteiger partial charge in [-0.3, -0.25) is 19.7 Å². The van der Waals surface area contributed by atoms with E-state index in [4.69, 9.17) is 20.1 Å². The highest BCUT2D eigenvalue weighted by molar-refractivity contribution is 5.99. The highest BCUT2D eigenvalue weighted by Crippen LogP contribution is 2.40. The number of ketones is 1. The Balaban J connectivity index is 1.57. The molecule has 0 spiro atoms. The number of hydrogen-bond donors (Lipinski definition) is 2. The van der Waals surface area contributed by atoms with Crippen LogP contribution in [-0.2, 0) is 13.1 Å². The third-order valence-electron chi connectivity index (χ3n) is 6.82. The number of aryl methyl sites for hydroxylation is 1. The van der Waals surface area contributed by atoms with Crippen LogP contribution in [-0.4, -0.2) is 59.8 Å². The molecule has 1 aliphatic heterocycles. The van der Waals surface area contributed by atoms with Gasteiger partial charge in [-0.05, 0) is 56.5 Å². The average molecular weight is 564 g/mol. The first-order chi connectivity index (χ1) is 20.0. The van der Waals surface area contributed by atoms with Crippen molar-refractivity contribution in [3.63, 3.8) is 0 Å². The third-order valence-corrected chi connectivity index (χ3v) is 6.82. The number of ether oxygens (including phenoxy) is 3. The van der Waals surface area contributed by atoms with Crippen LogP contribution in [0.1, 0.15) is 59.4 Å². The molecule has 12 heteroatoms. The molecule has 1 aromatic heterocycles. The van der Waals surface area contributed by atoms with Crippen molar-refractivity contribution in [2.75, 3.05) is 33.4 Å². The monoisotopic (exact) mass is 563 g/mol. The molecule has 1 aliphatic rings. The molecule has 41 heavy (non-hydrogen) atoms. The summed E-state index contributed by atoms with van der Waals surface area (Å²) in [5.41, 5.74) is 6.14. The number of nitrogens with two attached hydrogens (primary N) is 1. The number of nitrogens with one attached hydrogen (secondary N) is 1. The maximum atomic E-state index is 13.8. The highest BCUT2D eigenvalue weighted by Gasteiger charge is 2.24. The standard InChI is InChI=1S/C29H37N7O5/c1-4-36-19-22(18-32-36)28-26(39-3)15-21(16-27(28)40-5-2)29(38)35-11-7-6-8-24(37)23-14-20(17-31-34-33-30)9-10-25(23)41-13-12-35/h9-10,14-16,18-19H,4-8,11-13,17H2,1-3H3,(H2,30,34)(H,31,33). The lowest BCUT2D eigenvalue weighted by Crippen LogP contribution is -2.35. The number of amides is 1. The number of rotatable bonds is 9. The van der Waals surface area contributed by atoms with Crippen molar-refractivity contribution in [2.45, 2.75) is 46.2 Å². The smallest absolute Gasteiger partial charge is 0.254 e. The number of Topliss-reactive ketones (excluding diaryl/α,β-unsaturated/α-hetero) is 1. The molecule has 0 saturated heterocycles. The molecule has 0 unspecified atom stereocenters. The Labute approximate surface area is 239 Å². The van der Waals surface area contributed by atoms with Crippen LogP contribution in [0, 0.1) is 0 Å². The summed E-state index contributed by atoms with van der Waals surface area (Å²) >= 11 is 0. The topological polar surface area (TPSA) is 146 Å². The van der Waals surface area contributed by atoms with E-state index in [1.807, 2.05) is 30.8 Å². The third kappa shape index (κ3) is 7.13. The second-order valence-electron chi connectivity index (χ2n) is 9.47. The Kier molecular flexibility index (Phi) is 10.1.